The minimum atomic E-state index is 0.560. The van der Waals surface area contributed by atoms with Crippen LogP contribution in [0.15, 0.2) is 37.1 Å². The van der Waals surface area contributed by atoms with Crippen molar-refractivity contribution < 1.29 is 0 Å². The van der Waals surface area contributed by atoms with Gasteiger partial charge in [0.2, 0.25) is 0 Å². The van der Waals surface area contributed by atoms with Gasteiger partial charge in [0, 0.05) is 50.3 Å². The Labute approximate surface area is 119 Å². The largest absolute Gasteiger partial charge is 0.311 e. The summed E-state index contributed by atoms with van der Waals surface area (Å²) in [6.45, 7) is 7.61. The fourth-order valence-electron chi connectivity index (χ4n) is 2.61. The average Bonchev–Trinajstić information content (AvgIpc) is 2.98. The maximum atomic E-state index is 4.51. The standard InChI is InChI=1S/C15H21N5/c1-12-9-20(13(2)7-17-12)10-14-3-4-15(18-8-14)19-6-5-16-11-19/h3-6,8,11-13,17H,7,9-10H2,1-2H3. The second-order valence-electron chi connectivity index (χ2n) is 5.58. The van der Waals surface area contributed by atoms with E-state index in [9.17, 15) is 0 Å². The van der Waals surface area contributed by atoms with E-state index in [0.717, 1.165) is 25.5 Å². The van der Waals surface area contributed by atoms with Gasteiger partial charge in [-0.2, -0.15) is 0 Å². The summed E-state index contributed by atoms with van der Waals surface area (Å²) in [4.78, 5) is 11.1. The third kappa shape index (κ3) is 2.89. The van der Waals surface area contributed by atoms with Crippen LogP contribution < -0.4 is 5.32 Å². The molecule has 5 nitrogen and oxygen atoms in total. The third-order valence-electron chi connectivity index (χ3n) is 3.86. The zero-order chi connectivity index (χ0) is 13.9. The summed E-state index contributed by atoms with van der Waals surface area (Å²) >= 11 is 0. The maximum Gasteiger partial charge on any atom is 0.137 e. The minimum Gasteiger partial charge on any atom is -0.311 e. The Hall–Kier alpha value is -1.72. The normalized spacial score (nSPS) is 23.9. The van der Waals surface area contributed by atoms with Gasteiger partial charge in [-0.1, -0.05) is 6.07 Å². The van der Waals surface area contributed by atoms with Gasteiger partial charge in [-0.3, -0.25) is 9.47 Å². The molecule has 0 aromatic carbocycles. The van der Waals surface area contributed by atoms with Gasteiger partial charge in [-0.05, 0) is 25.5 Å². The molecule has 1 N–H and O–H groups in total. The predicted molar refractivity (Wildman–Crippen MR) is 78.7 cm³/mol. The molecule has 3 heterocycles. The molecule has 0 aliphatic carbocycles. The van der Waals surface area contributed by atoms with Crippen molar-refractivity contribution in [3.63, 3.8) is 0 Å². The number of pyridine rings is 1. The quantitative estimate of drug-likeness (QED) is 0.918. The number of nitrogens with one attached hydrogen (secondary N) is 1. The molecule has 0 spiro atoms. The second-order valence-corrected chi connectivity index (χ2v) is 5.58. The lowest BCUT2D eigenvalue weighted by Gasteiger charge is -2.37. The number of piperazine rings is 1. The summed E-state index contributed by atoms with van der Waals surface area (Å²) in [7, 11) is 0. The van der Waals surface area contributed by atoms with Crippen LogP contribution in [0.4, 0.5) is 0 Å². The number of rotatable bonds is 3. The Balaban J connectivity index is 1.69. The van der Waals surface area contributed by atoms with E-state index in [4.69, 9.17) is 0 Å². The summed E-state index contributed by atoms with van der Waals surface area (Å²) in [5.41, 5.74) is 1.26. The first kappa shape index (κ1) is 13.3. The molecule has 2 aromatic rings. The molecule has 20 heavy (non-hydrogen) atoms. The maximum absolute atomic E-state index is 4.51. The van der Waals surface area contributed by atoms with Gasteiger partial charge in [0.05, 0.1) is 0 Å². The lowest BCUT2D eigenvalue weighted by molar-refractivity contribution is 0.138. The lowest BCUT2D eigenvalue weighted by atomic mass is 10.1. The summed E-state index contributed by atoms with van der Waals surface area (Å²) in [6.07, 6.45) is 7.40. The number of imidazole rings is 1. The smallest absolute Gasteiger partial charge is 0.137 e. The highest BCUT2D eigenvalue weighted by molar-refractivity contribution is 5.25. The highest BCUT2D eigenvalue weighted by Gasteiger charge is 2.22. The van der Waals surface area contributed by atoms with Gasteiger partial charge in [0.25, 0.3) is 0 Å². The summed E-state index contributed by atoms with van der Waals surface area (Å²) in [5.74, 6) is 0.910. The zero-order valence-electron chi connectivity index (χ0n) is 12.0. The van der Waals surface area contributed by atoms with Crippen molar-refractivity contribution >= 4 is 0 Å². The fourth-order valence-corrected chi connectivity index (χ4v) is 2.61. The van der Waals surface area contributed by atoms with Crippen molar-refractivity contribution in [1.82, 2.24) is 24.8 Å². The fraction of sp³-hybridized carbons (Fsp3) is 0.467. The number of aromatic nitrogens is 3. The van der Waals surface area contributed by atoms with Crippen LogP contribution in [0.2, 0.25) is 0 Å². The van der Waals surface area contributed by atoms with E-state index in [1.807, 2.05) is 23.0 Å². The van der Waals surface area contributed by atoms with Crippen molar-refractivity contribution in [3.8, 4) is 5.82 Å². The van der Waals surface area contributed by atoms with Crippen LogP contribution >= 0.6 is 0 Å². The van der Waals surface area contributed by atoms with Gasteiger partial charge >= 0.3 is 0 Å². The summed E-state index contributed by atoms with van der Waals surface area (Å²) in [5, 5.41) is 3.51. The van der Waals surface area contributed by atoms with E-state index in [0.29, 0.717) is 12.1 Å². The number of hydrogen-bond donors (Lipinski definition) is 1. The van der Waals surface area contributed by atoms with Gasteiger partial charge < -0.3 is 5.32 Å². The molecule has 1 saturated heterocycles. The summed E-state index contributed by atoms with van der Waals surface area (Å²) < 4.78 is 1.92. The molecule has 1 aliphatic heterocycles. The van der Waals surface area contributed by atoms with Crippen molar-refractivity contribution in [2.24, 2.45) is 0 Å². The van der Waals surface area contributed by atoms with Crippen molar-refractivity contribution in [3.05, 3.63) is 42.6 Å². The average molecular weight is 271 g/mol. The summed E-state index contributed by atoms with van der Waals surface area (Å²) in [6, 6.07) is 5.33. The molecule has 0 saturated carbocycles. The Kier molecular flexibility index (Phi) is 3.80. The Morgan fingerprint density at radius 1 is 1.35 bits per heavy atom. The van der Waals surface area contributed by atoms with Gasteiger partial charge in [0.1, 0.15) is 12.1 Å². The molecule has 0 amide bonds. The Morgan fingerprint density at radius 3 is 2.95 bits per heavy atom. The van der Waals surface area contributed by atoms with Crippen molar-refractivity contribution in [2.45, 2.75) is 32.5 Å². The van der Waals surface area contributed by atoms with Crippen LogP contribution in [0.3, 0.4) is 0 Å². The SMILES string of the molecule is CC1CN(Cc2ccc(-n3ccnc3)nc2)C(C)CN1. The molecule has 2 aromatic heterocycles. The van der Waals surface area contributed by atoms with E-state index < -0.39 is 0 Å². The predicted octanol–water partition coefficient (Wildman–Crippen LogP) is 1.45. The number of nitrogens with zero attached hydrogens (tertiary/aromatic N) is 4. The molecule has 1 aliphatic rings. The van der Waals surface area contributed by atoms with Crippen LogP contribution in [-0.4, -0.2) is 44.6 Å². The first-order valence-corrected chi connectivity index (χ1v) is 7.13. The van der Waals surface area contributed by atoms with E-state index in [2.05, 4.69) is 40.1 Å². The van der Waals surface area contributed by atoms with Crippen LogP contribution in [0.25, 0.3) is 5.82 Å². The molecule has 3 rings (SSSR count). The molecule has 1 fully saturated rings. The molecule has 0 radical (unpaired) electrons. The molecule has 2 unspecified atom stereocenters. The van der Waals surface area contributed by atoms with Gasteiger partial charge in [-0.25, -0.2) is 9.97 Å². The number of hydrogen-bond acceptors (Lipinski definition) is 4. The van der Waals surface area contributed by atoms with E-state index in [1.54, 1.807) is 12.5 Å². The van der Waals surface area contributed by atoms with Crippen LogP contribution in [0.5, 0.6) is 0 Å². The first-order valence-electron chi connectivity index (χ1n) is 7.13. The Bertz CT molecular complexity index is 534. The molecular formula is C15H21N5. The van der Waals surface area contributed by atoms with Crippen LogP contribution in [0, 0.1) is 0 Å². The first-order chi connectivity index (χ1) is 9.72. The monoisotopic (exact) mass is 271 g/mol. The molecule has 0 bridgehead atoms. The van der Waals surface area contributed by atoms with E-state index in [1.165, 1.54) is 5.56 Å². The molecule has 2 atom stereocenters. The van der Waals surface area contributed by atoms with Crippen molar-refractivity contribution in [1.29, 1.82) is 0 Å². The van der Waals surface area contributed by atoms with Crippen LogP contribution in [0.1, 0.15) is 19.4 Å². The van der Waals surface area contributed by atoms with Crippen molar-refractivity contribution in [2.75, 3.05) is 13.1 Å². The topological polar surface area (TPSA) is 46.0 Å². The Morgan fingerprint density at radius 2 is 2.25 bits per heavy atom. The second kappa shape index (κ2) is 5.73. The highest BCUT2D eigenvalue weighted by Crippen LogP contribution is 2.13. The third-order valence-corrected chi connectivity index (χ3v) is 3.86. The lowest BCUT2D eigenvalue weighted by Crippen LogP contribution is -2.53. The van der Waals surface area contributed by atoms with E-state index in [-0.39, 0.29) is 0 Å². The van der Waals surface area contributed by atoms with Crippen LogP contribution in [-0.2, 0) is 6.54 Å². The molecular weight excluding hydrogens is 250 g/mol. The highest BCUT2D eigenvalue weighted by atomic mass is 15.2. The van der Waals surface area contributed by atoms with E-state index >= 15 is 0 Å². The molecule has 106 valence electrons. The minimum absolute atomic E-state index is 0.560. The van der Waals surface area contributed by atoms with Gasteiger partial charge in [-0.15, -0.1) is 0 Å². The molecule has 5 heteroatoms. The van der Waals surface area contributed by atoms with Gasteiger partial charge in [0.15, 0.2) is 0 Å². The zero-order valence-corrected chi connectivity index (χ0v) is 12.0.